The van der Waals surface area contributed by atoms with Crippen molar-refractivity contribution in [2.24, 2.45) is 5.92 Å². The molecule has 37 heavy (non-hydrogen) atoms. The molecule has 1 aliphatic rings. The maximum atomic E-state index is 14.3. The normalized spacial score (nSPS) is 19.6. The zero-order valence-electron chi connectivity index (χ0n) is 22.5. The van der Waals surface area contributed by atoms with Crippen LogP contribution in [0.2, 0.25) is 0 Å². The molecule has 10 nitrogen and oxygen atoms in total. The third-order valence-electron chi connectivity index (χ3n) is 7.74. The van der Waals surface area contributed by atoms with E-state index in [9.17, 15) is 4.39 Å². The van der Waals surface area contributed by atoms with Crippen LogP contribution in [0.3, 0.4) is 0 Å². The lowest BCUT2D eigenvalue weighted by atomic mass is 9.89. The largest absolute Gasteiger partial charge is 0.494 e. The van der Waals surface area contributed by atoms with E-state index in [2.05, 4.69) is 43.8 Å². The highest BCUT2D eigenvalue weighted by atomic mass is 19.1. The van der Waals surface area contributed by atoms with E-state index >= 15 is 0 Å². The monoisotopic (exact) mass is 510 g/mol. The summed E-state index contributed by atoms with van der Waals surface area (Å²) >= 11 is 0. The molecule has 0 aliphatic carbocycles. The van der Waals surface area contributed by atoms with Crippen LogP contribution in [0.1, 0.15) is 51.6 Å². The van der Waals surface area contributed by atoms with Crippen molar-refractivity contribution in [2.75, 3.05) is 37.9 Å². The van der Waals surface area contributed by atoms with Crippen LogP contribution < -0.4 is 15.4 Å². The first-order valence-electron chi connectivity index (χ1n) is 12.6. The molecule has 1 aliphatic heterocycles. The van der Waals surface area contributed by atoms with E-state index in [0.29, 0.717) is 34.0 Å². The molecule has 3 aromatic heterocycles. The molecule has 4 heterocycles. The molecule has 198 valence electrons. The van der Waals surface area contributed by atoms with Crippen LogP contribution in [0.25, 0.3) is 16.6 Å². The molecule has 0 radical (unpaired) electrons. The molecule has 1 aromatic carbocycles. The predicted octanol–water partition coefficient (Wildman–Crippen LogP) is 3.91. The Morgan fingerprint density at radius 1 is 1.16 bits per heavy atom. The van der Waals surface area contributed by atoms with E-state index in [-0.39, 0.29) is 23.5 Å². The SMILES string of the molecule is COc1cc(F)cc2c1nc(N)n1nc(C3CC(C)CN(c4cn(C(C)(C)C(C)OC)nc4C)C3)nc21. The van der Waals surface area contributed by atoms with Gasteiger partial charge in [0.1, 0.15) is 17.1 Å². The summed E-state index contributed by atoms with van der Waals surface area (Å²) in [5.41, 5.74) is 8.93. The Balaban J connectivity index is 1.52. The Labute approximate surface area is 215 Å². The Morgan fingerprint density at radius 2 is 1.92 bits per heavy atom. The average molecular weight is 511 g/mol. The molecule has 0 spiro atoms. The van der Waals surface area contributed by atoms with E-state index in [0.717, 1.165) is 30.9 Å². The first kappa shape index (κ1) is 25.2. The van der Waals surface area contributed by atoms with Gasteiger partial charge in [-0.05, 0) is 46.1 Å². The van der Waals surface area contributed by atoms with Crippen molar-refractivity contribution in [3.05, 3.63) is 35.7 Å². The van der Waals surface area contributed by atoms with Gasteiger partial charge in [-0.15, -0.1) is 5.10 Å². The van der Waals surface area contributed by atoms with Crippen LogP contribution in [0, 0.1) is 18.7 Å². The Bertz CT molecular complexity index is 1460. The number of nitrogens with two attached hydrogens (primary N) is 1. The minimum atomic E-state index is -0.432. The Kier molecular flexibility index (Phi) is 6.21. The molecular weight excluding hydrogens is 475 g/mol. The summed E-state index contributed by atoms with van der Waals surface area (Å²) in [6.07, 6.45) is 3.03. The second kappa shape index (κ2) is 9.13. The molecule has 1 saturated heterocycles. The number of piperidine rings is 1. The van der Waals surface area contributed by atoms with Gasteiger partial charge in [-0.25, -0.2) is 14.4 Å². The lowest BCUT2D eigenvalue weighted by Crippen LogP contribution is -2.40. The standard InChI is InChI=1S/C26H35FN8O2/c1-14-8-17(12-33(11-14)20-13-34(31-15(20)2)26(4,5)16(3)36-6)23-30-24-19-9-18(27)10-21(37-7)22(19)29-25(28)35(24)32-23/h9-10,13-14,16-17H,8,11-12H2,1-7H3,(H2,28,29). The maximum absolute atomic E-state index is 14.3. The summed E-state index contributed by atoms with van der Waals surface area (Å²) in [5, 5.41) is 10.1. The summed E-state index contributed by atoms with van der Waals surface area (Å²) in [6, 6.07) is 2.69. The maximum Gasteiger partial charge on any atom is 0.223 e. The number of aryl methyl sites for hydroxylation is 1. The summed E-state index contributed by atoms with van der Waals surface area (Å²) in [4.78, 5) is 11.6. The van der Waals surface area contributed by atoms with Gasteiger partial charge in [0.05, 0.1) is 35.5 Å². The van der Waals surface area contributed by atoms with Crippen molar-refractivity contribution in [1.82, 2.24) is 29.4 Å². The van der Waals surface area contributed by atoms with E-state index in [1.54, 1.807) is 7.11 Å². The van der Waals surface area contributed by atoms with Gasteiger partial charge < -0.3 is 20.1 Å². The highest BCUT2D eigenvalue weighted by Gasteiger charge is 2.34. The number of nitrogens with zero attached hydrogens (tertiary/aromatic N) is 7. The summed E-state index contributed by atoms with van der Waals surface area (Å²) < 4.78 is 28.8. The van der Waals surface area contributed by atoms with Gasteiger partial charge >= 0.3 is 0 Å². The number of hydrogen-bond donors (Lipinski definition) is 1. The van der Waals surface area contributed by atoms with Gasteiger partial charge in [0, 0.05) is 38.4 Å². The fraction of sp³-hybridized carbons (Fsp3) is 0.538. The third-order valence-corrected chi connectivity index (χ3v) is 7.74. The van der Waals surface area contributed by atoms with Crippen molar-refractivity contribution >= 4 is 28.2 Å². The lowest BCUT2D eigenvalue weighted by molar-refractivity contribution is 0.0211. The van der Waals surface area contributed by atoms with Crippen LogP contribution in [0.15, 0.2) is 18.3 Å². The first-order valence-corrected chi connectivity index (χ1v) is 12.6. The van der Waals surface area contributed by atoms with E-state index < -0.39 is 5.82 Å². The fourth-order valence-corrected chi connectivity index (χ4v) is 5.28. The summed E-state index contributed by atoms with van der Waals surface area (Å²) in [6.45, 7) is 12.2. The average Bonchev–Trinajstić information content (AvgIpc) is 3.48. The van der Waals surface area contributed by atoms with Crippen LogP contribution >= 0.6 is 0 Å². The van der Waals surface area contributed by atoms with Crippen LogP contribution in [-0.2, 0) is 10.3 Å². The number of rotatable bonds is 6. The molecule has 11 heteroatoms. The molecule has 5 rings (SSSR count). The van der Waals surface area contributed by atoms with Gasteiger partial charge in [-0.3, -0.25) is 4.68 Å². The van der Waals surface area contributed by atoms with Gasteiger partial charge in [-0.1, -0.05) is 6.92 Å². The number of nitrogen functional groups attached to an aromatic ring is 1. The minimum Gasteiger partial charge on any atom is -0.494 e. The van der Waals surface area contributed by atoms with Gasteiger partial charge in [-0.2, -0.15) is 9.61 Å². The third kappa shape index (κ3) is 4.24. The first-order chi connectivity index (χ1) is 17.5. The lowest BCUT2D eigenvalue weighted by Gasteiger charge is -2.36. The number of anilines is 2. The second-order valence-corrected chi connectivity index (χ2v) is 10.7. The van der Waals surface area contributed by atoms with Crippen LogP contribution in [0.5, 0.6) is 5.75 Å². The smallest absolute Gasteiger partial charge is 0.223 e. The van der Waals surface area contributed by atoms with Gasteiger partial charge in [0.2, 0.25) is 5.95 Å². The zero-order chi connectivity index (χ0) is 26.6. The van der Waals surface area contributed by atoms with Crippen molar-refractivity contribution in [3.63, 3.8) is 0 Å². The quantitative estimate of drug-likeness (QED) is 0.416. The van der Waals surface area contributed by atoms with Gasteiger partial charge in [0.15, 0.2) is 11.5 Å². The number of hydrogen-bond acceptors (Lipinski definition) is 8. The van der Waals surface area contributed by atoms with Crippen LogP contribution in [0.4, 0.5) is 16.0 Å². The molecule has 1 fully saturated rings. The minimum absolute atomic E-state index is 0.00722. The van der Waals surface area contributed by atoms with Crippen molar-refractivity contribution < 1.29 is 13.9 Å². The number of fused-ring (bicyclic) bond motifs is 3. The van der Waals surface area contributed by atoms with Crippen molar-refractivity contribution in [1.29, 1.82) is 0 Å². The summed E-state index contributed by atoms with van der Waals surface area (Å²) in [5.74, 6) is 1.19. The molecule has 0 amide bonds. The number of methoxy groups -OCH3 is 2. The molecular formula is C26H35FN8O2. The van der Waals surface area contributed by atoms with Gasteiger partial charge in [0.25, 0.3) is 0 Å². The van der Waals surface area contributed by atoms with Crippen LogP contribution in [-0.4, -0.2) is 62.8 Å². The Morgan fingerprint density at radius 3 is 2.62 bits per heavy atom. The number of aromatic nitrogens is 6. The van der Waals surface area contributed by atoms with E-state index in [1.807, 2.05) is 11.6 Å². The molecule has 3 atom stereocenters. The number of ether oxygens (including phenoxy) is 2. The molecule has 2 N–H and O–H groups in total. The number of benzene rings is 1. The highest BCUT2D eigenvalue weighted by Crippen LogP contribution is 2.36. The molecule has 0 saturated carbocycles. The van der Waals surface area contributed by atoms with Crippen molar-refractivity contribution in [3.8, 4) is 5.75 Å². The highest BCUT2D eigenvalue weighted by molar-refractivity contribution is 5.95. The molecule has 3 unspecified atom stereocenters. The predicted molar refractivity (Wildman–Crippen MR) is 141 cm³/mol. The second-order valence-electron chi connectivity index (χ2n) is 10.7. The molecule has 4 aromatic rings. The number of halogens is 1. The van der Waals surface area contributed by atoms with E-state index in [4.69, 9.17) is 30.4 Å². The zero-order valence-corrected chi connectivity index (χ0v) is 22.5. The van der Waals surface area contributed by atoms with E-state index in [1.165, 1.54) is 23.8 Å². The fourth-order valence-electron chi connectivity index (χ4n) is 5.28. The topological polar surface area (TPSA) is 109 Å². The summed E-state index contributed by atoms with van der Waals surface area (Å²) in [7, 11) is 3.20. The van der Waals surface area contributed by atoms with Crippen molar-refractivity contribution in [2.45, 2.75) is 58.6 Å². The Hall–Kier alpha value is -3.47. The molecule has 0 bridgehead atoms.